The molecule has 1 aliphatic carbocycles. The van der Waals surface area contributed by atoms with Crippen molar-refractivity contribution >= 4 is 32.4 Å². The van der Waals surface area contributed by atoms with Gasteiger partial charge in [0.05, 0.1) is 16.6 Å². The molecule has 0 bridgehead atoms. The molecular formula is C17H22N4O4S2. The van der Waals surface area contributed by atoms with Crippen LogP contribution in [0.2, 0.25) is 0 Å². The Hall–Kier alpha value is -1.78. The molecular weight excluding hydrogens is 388 g/mol. The summed E-state index contributed by atoms with van der Waals surface area (Å²) in [4.78, 5) is 17.7. The van der Waals surface area contributed by atoms with Gasteiger partial charge < -0.3 is 9.84 Å². The summed E-state index contributed by atoms with van der Waals surface area (Å²) in [7, 11) is -3.18. The van der Waals surface area contributed by atoms with E-state index in [9.17, 15) is 13.2 Å². The number of carbonyl (C=O) groups excluding carboxylic acids is 1. The molecule has 0 spiro atoms. The summed E-state index contributed by atoms with van der Waals surface area (Å²) in [5, 5.41) is 7.07. The molecule has 0 radical (unpaired) electrons. The molecule has 10 heteroatoms. The predicted molar refractivity (Wildman–Crippen MR) is 101 cm³/mol. The van der Waals surface area contributed by atoms with Crippen LogP contribution in [0.5, 0.6) is 0 Å². The Morgan fingerprint density at radius 2 is 2.15 bits per heavy atom. The van der Waals surface area contributed by atoms with Crippen molar-refractivity contribution < 1.29 is 17.7 Å². The lowest BCUT2D eigenvalue weighted by molar-refractivity contribution is -0.116. The number of aryl methyl sites for hydroxylation is 2. The number of fused-ring (bicyclic) bond motifs is 1. The molecule has 27 heavy (non-hydrogen) atoms. The van der Waals surface area contributed by atoms with Gasteiger partial charge in [-0.25, -0.2) is 13.4 Å². The van der Waals surface area contributed by atoms with E-state index in [2.05, 4.69) is 15.5 Å². The number of nitrogens with zero attached hydrogens (tertiary/aromatic N) is 3. The number of nitrogens with one attached hydrogen (secondary N) is 1. The van der Waals surface area contributed by atoms with Crippen molar-refractivity contribution in [2.45, 2.75) is 57.7 Å². The number of hydrogen-bond acceptors (Lipinski definition) is 7. The lowest BCUT2D eigenvalue weighted by Crippen LogP contribution is -2.37. The van der Waals surface area contributed by atoms with Gasteiger partial charge in [-0.3, -0.25) is 4.79 Å². The lowest BCUT2D eigenvalue weighted by Gasteiger charge is -2.25. The van der Waals surface area contributed by atoms with Crippen molar-refractivity contribution in [3.05, 3.63) is 27.6 Å². The van der Waals surface area contributed by atoms with Gasteiger partial charge in [0.15, 0.2) is 5.13 Å². The summed E-state index contributed by atoms with van der Waals surface area (Å²) in [6, 6.07) is 0. The van der Waals surface area contributed by atoms with E-state index in [1.807, 2.05) is 13.8 Å². The van der Waals surface area contributed by atoms with Crippen molar-refractivity contribution in [2.75, 3.05) is 11.9 Å². The van der Waals surface area contributed by atoms with E-state index >= 15 is 0 Å². The number of aromatic nitrogens is 2. The minimum atomic E-state index is -3.18. The molecule has 2 aromatic rings. The fourth-order valence-corrected chi connectivity index (χ4v) is 6.23. The largest absolute Gasteiger partial charge is 0.361 e. The molecule has 0 saturated heterocycles. The number of anilines is 1. The fourth-order valence-electron chi connectivity index (χ4n) is 3.30. The number of sulfonamides is 1. The molecule has 8 nitrogen and oxygen atoms in total. The SMILES string of the molecule is Cc1noc(C)c1CCC(=O)Nc1nc2c(s1)CN(S(=O)(=O)C1CC1)CC2. The van der Waals surface area contributed by atoms with Crippen molar-refractivity contribution in [3.8, 4) is 0 Å². The molecule has 1 N–H and O–H groups in total. The Morgan fingerprint density at radius 1 is 1.37 bits per heavy atom. The Morgan fingerprint density at radius 3 is 2.81 bits per heavy atom. The minimum absolute atomic E-state index is 0.122. The van der Waals surface area contributed by atoms with Gasteiger partial charge in [0.1, 0.15) is 5.76 Å². The zero-order chi connectivity index (χ0) is 19.2. The van der Waals surface area contributed by atoms with Crippen molar-refractivity contribution in [1.82, 2.24) is 14.4 Å². The molecule has 3 heterocycles. The zero-order valence-electron chi connectivity index (χ0n) is 15.3. The van der Waals surface area contributed by atoms with Crippen LogP contribution in [0.15, 0.2) is 4.52 Å². The first-order chi connectivity index (χ1) is 12.8. The fraction of sp³-hybridized carbons (Fsp3) is 0.588. The van der Waals surface area contributed by atoms with E-state index in [4.69, 9.17) is 4.52 Å². The monoisotopic (exact) mass is 410 g/mol. The highest BCUT2D eigenvalue weighted by molar-refractivity contribution is 7.90. The summed E-state index contributed by atoms with van der Waals surface area (Å²) in [5.41, 5.74) is 2.66. The molecule has 0 atom stereocenters. The van der Waals surface area contributed by atoms with Gasteiger partial charge in [0.25, 0.3) is 0 Å². The number of carbonyl (C=O) groups is 1. The van der Waals surface area contributed by atoms with Crippen LogP contribution in [-0.2, 0) is 34.2 Å². The maximum atomic E-state index is 12.4. The van der Waals surface area contributed by atoms with Gasteiger partial charge in [0, 0.05) is 36.4 Å². The second kappa shape index (κ2) is 6.99. The summed E-state index contributed by atoms with van der Waals surface area (Å²) in [5.74, 6) is 0.616. The first kappa shape index (κ1) is 18.6. The molecule has 1 aliphatic heterocycles. The quantitative estimate of drug-likeness (QED) is 0.782. The molecule has 0 aromatic carbocycles. The highest BCUT2D eigenvalue weighted by atomic mass is 32.2. The third-order valence-corrected chi connectivity index (χ3v) is 8.37. The van der Waals surface area contributed by atoms with Gasteiger partial charge in [-0.2, -0.15) is 4.31 Å². The Kier molecular flexibility index (Phi) is 4.81. The normalized spacial score (nSPS) is 17.7. The second-order valence-electron chi connectivity index (χ2n) is 7.07. The molecule has 1 amide bonds. The van der Waals surface area contributed by atoms with Crippen LogP contribution in [0, 0.1) is 13.8 Å². The molecule has 146 valence electrons. The predicted octanol–water partition coefficient (Wildman–Crippen LogP) is 2.17. The minimum Gasteiger partial charge on any atom is -0.361 e. The van der Waals surface area contributed by atoms with E-state index in [-0.39, 0.29) is 11.2 Å². The maximum Gasteiger partial charge on any atom is 0.226 e. The van der Waals surface area contributed by atoms with Crippen LogP contribution in [0.1, 0.15) is 46.9 Å². The molecule has 0 unspecified atom stereocenters. The summed E-state index contributed by atoms with van der Waals surface area (Å²) < 4.78 is 31.5. The van der Waals surface area contributed by atoms with Crippen molar-refractivity contribution in [1.29, 1.82) is 0 Å². The standard InChI is InChI=1S/C17H22N4O4S2/c1-10-13(11(2)25-20-10)5-6-16(22)19-17-18-14-7-8-21(9-15(14)26-17)27(23,24)12-3-4-12/h12H,3-9H2,1-2H3,(H,18,19,22). The van der Waals surface area contributed by atoms with Crippen molar-refractivity contribution in [2.24, 2.45) is 0 Å². The smallest absolute Gasteiger partial charge is 0.226 e. The number of thiazole rings is 1. The molecule has 1 fully saturated rings. The third kappa shape index (κ3) is 3.78. The average Bonchev–Trinajstić information content (AvgIpc) is 3.34. The van der Waals surface area contributed by atoms with Crippen LogP contribution in [0.3, 0.4) is 0 Å². The molecule has 1 saturated carbocycles. The van der Waals surface area contributed by atoms with Gasteiger partial charge in [-0.05, 0) is 33.1 Å². The average molecular weight is 411 g/mol. The van der Waals surface area contributed by atoms with Crippen LogP contribution >= 0.6 is 11.3 Å². The van der Waals surface area contributed by atoms with Crippen LogP contribution in [0.25, 0.3) is 0 Å². The van der Waals surface area contributed by atoms with E-state index in [1.54, 1.807) is 4.31 Å². The van der Waals surface area contributed by atoms with Crippen molar-refractivity contribution in [3.63, 3.8) is 0 Å². The lowest BCUT2D eigenvalue weighted by atomic mass is 10.1. The van der Waals surface area contributed by atoms with Gasteiger partial charge in [-0.15, -0.1) is 11.3 Å². The van der Waals surface area contributed by atoms with Crippen LogP contribution in [-0.4, -0.2) is 40.6 Å². The zero-order valence-corrected chi connectivity index (χ0v) is 17.0. The van der Waals surface area contributed by atoms with Crippen LogP contribution in [0.4, 0.5) is 5.13 Å². The molecule has 4 rings (SSSR count). The first-order valence-corrected chi connectivity index (χ1v) is 11.4. The van der Waals surface area contributed by atoms with Gasteiger partial charge >= 0.3 is 0 Å². The molecule has 2 aromatic heterocycles. The highest BCUT2D eigenvalue weighted by Gasteiger charge is 2.41. The summed E-state index contributed by atoms with van der Waals surface area (Å²) in [6.45, 7) is 4.53. The van der Waals surface area contributed by atoms with Gasteiger partial charge in [0.2, 0.25) is 15.9 Å². The third-order valence-electron chi connectivity index (χ3n) is 5.03. The Balaban J connectivity index is 1.37. The van der Waals surface area contributed by atoms with E-state index in [0.717, 1.165) is 40.4 Å². The highest BCUT2D eigenvalue weighted by Crippen LogP contribution is 2.35. The Labute approximate surface area is 162 Å². The number of hydrogen-bond donors (Lipinski definition) is 1. The van der Waals surface area contributed by atoms with Gasteiger partial charge in [-0.1, -0.05) is 5.16 Å². The summed E-state index contributed by atoms with van der Waals surface area (Å²) >= 11 is 1.37. The Bertz CT molecular complexity index is 956. The van der Waals surface area contributed by atoms with E-state index < -0.39 is 10.0 Å². The summed E-state index contributed by atoms with van der Waals surface area (Å²) in [6.07, 6.45) is 3.00. The molecule has 2 aliphatic rings. The van der Waals surface area contributed by atoms with E-state index in [1.165, 1.54) is 11.3 Å². The van der Waals surface area contributed by atoms with Crippen LogP contribution < -0.4 is 5.32 Å². The topological polar surface area (TPSA) is 105 Å². The first-order valence-electron chi connectivity index (χ1n) is 9.03. The number of rotatable bonds is 6. The maximum absolute atomic E-state index is 12.4. The second-order valence-corrected chi connectivity index (χ2v) is 10.4. The van der Waals surface area contributed by atoms with E-state index in [0.29, 0.717) is 37.5 Å². The number of amides is 1.